The maximum atomic E-state index is 13.0. The third-order valence-corrected chi connectivity index (χ3v) is 7.10. The van der Waals surface area contributed by atoms with Crippen LogP contribution in [0, 0.1) is 6.92 Å². The molecule has 3 N–H and O–H groups in total. The van der Waals surface area contributed by atoms with E-state index >= 15 is 0 Å². The van der Waals surface area contributed by atoms with Crippen molar-refractivity contribution in [3.8, 4) is 34.1 Å². The lowest BCUT2D eigenvalue weighted by atomic mass is 9.95. The molecule has 3 aromatic carbocycles. The normalized spacial score (nSPS) is 15.0. The van der Waals surface area contributed by atoms with Crippen LogP contribution in [0.1, 0.15) is 29.2 Å². The highest BCUT2D eigenvalue weighted by Crippen LogP contribution is 2.50. The molecule has 178 valence electrons. The van der Waals surface area contributed by atoms with Gasteiger partial charge in [0.25, 0.3) is 0 Å². The van der Waals surface area contributed by atoms with Crippen LogP contribution in [0.15, 0.2) is 58.2 Å². The summed E-state index contributed by atoms with van der Waals surface area (Å²) >= 11 is 0. The first kappa shape index (κ1) is 23.6. The van der Waals surface area contributed by atoms with E-state index < -0.39 is 27.3 Å². The zero-order chi connectivity index (χ0) is 24.6. The average molecular weight is 484 g/mol. The summed E-state index contributed by atoms with van der Waals surface area (Å²) in [5, 5.41) is 9.97. The van der Waals surface area contributed by atoms with Crippen LogP contribution in [0.5, 0.6) is 23.0 Å². The summed E-state index contributed by atoms with van der Waals surface area (Å²) in [6.07, 6.45) is 0.945. The van der Waals surface area contributed by atoms with E-state index in [0.717, 1.165) is 5.56 Å². The second-order valence-corrected chi connectivity index (χ2v) is 9.61. The smallest absolute Gasteiger partial charge is 0.339 e. The predicted octanol–water partition coefficient (Wildman–Crippen LogP) is 3.46. The van der Waals surface area contributed by atoms with Crippen molar-refractivity contribution in [2.75, 3.05) is 14.2 Å². The van der Waals surface area contributed by atoms with E-state index in [9.17, 15) is 18.3 Å². The molecular weight excluding hydrogens is 458 g/mol. The molecule has 0 amide bonds. The highest BCUT2D eigenvalue weighted by atomic mass is 32.2. The number of ether oxygens (including phenoxy) is 2. The molecule has 4 rings (SSSR count). The van der Waals surface area contributed by atoms with Gasteiger partial charge < -0.3 is 24.5 Å². The molecule has 1 atom stereocenters. The molecule has 0 aliphatic heterocycles. The van der Waals surface area contributed by atoms with E-state index in [1.165, 1.54) is 38.5 Å². The lowest BCUT2D eigenvalue weighted by molar-refractivity contribution is 0.343. The molecule has 0 saturated heterocycles. The van der Waals surface area contributed by atoms with E-state index in [1.807, 2.05) is 6.92 Å². The van der Waals surface area contributed by atoms with Gasteiger partial charge >= 0.3 is 10.1 Å². The zero-order valence-electron chi connectivity index (χ0n) is 19.0. The van der Waals surface area contributed by atoms with Crippen molar-refractivity contribution in [1.82, 2.24) is 0 Å². The van der Waals surface area contributed by atoms with Gasteiger partial charge in [0.15, 0.2) is 17.2 Å². The first-order valence-electron chi connectivity index (χ1n) is 10.6. The molecule has 0 saturated carbocycles. The summed E-state index contributed by atoms with van der Waals surface area (Å²) in [5.74, 6) is -0.112. The predicted molar refractivity (Wildman–Crippen MR) is 127 cm³/mol. The molecule has 0 bridgehead atoms. The summed E-state index contributed by atoms with van der Waals surface area (Å²) in [6.45, 7) is 1.86. The summed E-state index contributed by atoms with van der Waals surface area (Å²) in [6, 6.07) is 11.6. The Morgan fingerprint density at radius 2 is 1.68 bits per heavy atom. The first-order valence-corrected chi connectivity index (χ1v) is 12.0. The van der Waals surface area contributed by atoms with Gasteiger partial charge in [0, 0.05) is 11.6 Å². The molecule has 1 aliphatic carbocycles. The van der Waals surface area contributed by atoms with Gasteiger partial charge in [-0.2, -0.15) is 8.42 Å². The zero-order valence-corrected chi connectivity index (χ0v) is 19.8. The van der Waals surface area contributed by atoms with Gasteiger partial charge in [-0.15, -0.1) is 0 Å². The monoisotopic (exact) mass is 483 g/mol. The van der Waals surface area contributed by atoms with Crippen LogP contribution < -0.4 is 24.8 Å². The molecule has 8 nitrogen and oxygen atoms in total. The topological polar surface area (TPSA) is 125 Å². The number of aryl methyl sites for hydroxylation is 2. The lowest BCUT2D eigenvalue weighted by Gasteiger charge is -2.20. The van der Waals surface area contributed by atoms with Gasteiger partial charge in [-0.25, -0.2) is 0 Å². The first-order chi connectivity index (χ1) is 16.2. The lowest BCUT2D eigenvalue weighted by Crippen LogP contribution is -2.12. The minimum Gasteiger partial charge on any atom is -0.504 e. The van der Waals surface area contributed by atoms with Crippen molar-refractivity contribution < 1.29 is 27.2 Å². The van der Waals surface area contributed by atoms with Crippen molar-refractivity contribution in [2.45, 2.75) is 30.7 Å². The summed E-state index contributed by atoms with van der Waals surface area (Å²) < 4.78 is 42.7. The van der Waals surface area contributed by atoms with Gasteiger partial charge in [-0.1, -0.05) is 23.8 Å². The fourth-order valence-corrected chi connectivity index (χ4v) is 5.04. The fourth-order valence-electron chi connectivity index (χ4n) is 4.12. The number of fused-ring (bicyclic) bond motifs is 3. The van der Waals surface area contributed by atoms with E-state index in [-0.39, 0.29) is 22.1 Å². The van der Waals surface area contributed by atoms with Crippen LogP contribution >= 0.6 is 0 Å². The van der Waals surface area contributed by atoms with E-state index in [4.69, 9.17) is 19.4 Å². The standard InChI is InChI=1S/C25H25NO7S/c1-14-4-7-16(8-5-14)34(29,30)33-22-12-15-6-10-19(26)18-13-21(28)20(27)11-9-17(18)23(15)25(32-3)24(22)31-2/h4-5,7-9,11-13,19H,6,10,26H2,1-3H3,(H,27,28)/t19-/m0/s1. The molecule has 9 heteroatoms. The minimum absolute atomic E-state index is 0.00639. The Labute approximate surface area is 197 Å². The Balaban J connectivity index is 1.95. The van der Waals surface area contributed by atoms with Crippen molar-refractivity contribution in [3.63, 3.8) is 0 Å². The number of nitrogens with two attached hydrogens (primary N) is 1. The SMILES string of the molecule is COc1c(OS(=O)(=O)c2ccc(C)cc2)cc2c(c1OC)-c1ccc(O)c(=O)cc1[C@@H](N)CC2. The molecule has 3 aromatic rings. The number of rotatable bonds is 5. The maximum absolute atomic E-state index is 13.0. The molecule has 0 heterocycles. The maximum Gasteiger partial charge on any atom is 0.339 e. The van der Waals surface area contributed by atoms with Gasteiger partial charge in [0.05, 0.1) is 14.2 Å². The Bertz CT molecular complexity index is 1420. The summed E-state index contributed by atoms with van der Waals surface area (Å²) in [5.41, 5.74) is 9.17. The molecule has 0 fully saturated rings. The van der Waals surface area contributed by atoms with Gasteiger partial charge in [0.1, 0.15) is 4.90 Å². The molecule has 0 radical (unpaired) electrons. The van der Waals surface area contributed by atoms with Gasteiger partial charge in [0.2, 0.25) is 11.2 Å². The van der Waals surface area contributed by atoms with E-state index in [1.54, 1.807) is 24.3 Å². The molecule has 0 unspecified atom stereocenters. The van der Waals surface area contributed by atoms with Crippen LogP contribution in [-0.2, 0) is 16.5 Å². The Morgan fingerprint density at radius 3 is 2.32 bits per heavy atom. The number of hydrogen-bond donors (Lipinski definition) is 2. The minimum atomic E-state index is -4.15. The molecule has 0 spiro atoms. The van der Waals surface area contributed by atoms with E-state index in [2.05, 4.69) is 0 Å². The van der Waals surface area contributed by atoms with E-state index in [0.29, 0.717) is 35.1 Å². The summed E-state index contributed by atoms with van der Waals surface area (Å²) in [7, 11) is -1.34. The molecular formula is C25H25NO7S. The fraction of sp³-hybridized carbons (Fsp3) is 0.240. The Kier molecular flexibility index (Phi) is 6.24. The van der Waals surface area contributed by atoms with Crippen molar-refractivity contribution >= 4 is 10.1 Å². The third-order valence-electron chi connectivity index (χ3n) is 5.85. The number of benzene rings is 2. The van der Waals surface area contributed by atoms with Crippen LogP contribution in [0.25, 0.3) is 11.1 Å². The van der Waals surface area contributed by atoms with Gasteiger partial charge in [-0.05, 0) is 66.8 Å². The molecule has 34 heavy (non-hydrogen) atoms. The van der Waals surface area contributed by atoms with Gasteiger partial charge in [-0.3, -0.25) is 4.79 Å². The highest BCUT2D eigenvalue weighted by Gasteiger charge is 2.30. The Hall–Kier alpha value is -3.56. The van der Waals surface area contributed by atoms with Crippen molar-refractivity contribution in [1.29, 1.82) is 0 Å². The number of hydrogen-bond acceptors (Lipinski definition) is 8. The molecule has 1 aliphatic rings. The largest absolute Gasteiger partial charge is 0.504 e. The van der Waals surface area contributed by atoms with Crippen LogP contribution in [0.2, 0.25) is 0 Å². The Morgan fingerprint density at radius 1 is 1.00 bits per heavy atom. The van der Waals surface area contributed by atoms with Crippen LogP contribution in [0.3, 0.4) is 0 Å². The quantitative estimate of drug-likeness (QED) is 0.529. The average Bonchev–Trinajstić information content (AvgIpc) is 3.03. The van der Waals surface area contributed by atoms with Crippen molar-refractivity contribution in [2.24, 2.45) is 5.73 Å². The summed E-state index contributed by atoms with van der Waals surface area (Å²) in [4.78, 5) is 12.3. The van der Waals surface area contributed by atoms with Crippen molar-refractivity contribution in [3.05, 3.63) is 75.4 Å². The second kappa shape index (κ2) is 9.00. The molecule has 0 aromatic heterocycles. The second-order valence-electron chi connectivity index (χ2n) is 8.07. The number of methoxy groups -OCH3 is 2. The van der Waals surface area contributed by atoms with Crippen LogP contribution in [0.4, 0.5) is 0 Å². The number of aromatic hydroxyl groups is 1. The third kappa shape index (κ3) is 4.20. The highest BCUT2D eigenvalue weighted by molar-refractivity contribution is 7.87. The van der Waals surface area contributed by atoms with Crippen LogP contribution in [-0.4, -0.2) is 27.7 Å².